The van der Waals surface area contributed by atoms with Gasteiger partial charge in [-0.05, 0) is 23.8 Å². The summed E-state index contributed by atoms with van der Waals surface area (Å²) in [5.41, 5.74) is 1.70. The number of aromatic nitrogens is 2. The zero-order valence-electron chi connectivity index (χ0n) is 14.5. The summed E-state index contributed by atoms with van der Waals surface area (Å²) in [6, 6.07) is 17.2. The summed E-state index contributed by atoms with van der Waals surface area (Å²) in [4.78, 5) is 14.1. The number of hydrogen-bond acceptors (Lipinski definition) is 3. The molecule has 0 bridgehead atoms. The second-order valence-corrected chi connectivity index (χ2v) is 6.38. The molecule has 0 aliphatic rings. The number of carbonyl (C=O) groups excluding carboxylic acids is 1. The van der Waals surface area contributed by atoms with Crippen molar-refractivity contribution in [3.63, 3.8) is 0 Å². The zero-order chi connectivity index (χ0) is 18.4. The molecule has 134 valence electrons. The van der Waals surface area contributed by atoms with Gasteiger partial charge in [0.1, 0.15) is 12.4 Å². The maximum absolute atomic E-state index is 12.5. The monoisotopic (exact) mass is 369 g/mol. The van der Waals surface area contributed by atoms with Crippen molar-refractivity contribution in [1.82, 2.24) is 14.7 Å². The first-order valence-electron chi connectivity index (χ1n) is 8.32. The number of ether oxygens (including phenoxy) is 1. The van der Waals surface area contributed by atoms with Gasteiger partial charge in [-0.15, -0.1) is 0 Å². The number of nitrogens with zero attached hydrogens (tertiary/aromatic N) is 3. The molecule has 2 aromatic carbocycles. The van der Waals surface area contributed by atoms with E-state index < -0.39 is 0 Å². The third-order valence-electron chi connectivity index (χ3n) is 3.91. The Morgan fingerprint density at radius 1 is 1.19 bits per heavy atom. The Labute approximate surface area is 157 Å². The Morgan fingerprint density at radius 3 is 2.77 bits per heavy atom. The summed E-state index contributed by atoms with van der Waals surface area (Å²) in [5, 5.41) is 4.90. The van der Waals surface area contributed by atoms with Crippen molar-refractivity contribution in [2.24, 2.45) is 0 Å². The normalized spacial score (nSPS) is 10.5. The molecule has 3 aromatic rings. The van der Waals surface area contributed by atoms with Crippen LogP contribution in [0.5, 0.6) is 5.75 Å². The van der Waals surface area contributed by atoms with Crippen molar-refractivity contribution in [3.8, 4) is 5.75 Å². The SMILES string of the molecule is CN(CCOc1cccc(Cl)c1)C(=O)c1cnn(Cc2ccccc2)c1. The van der Waals surface area contributed by atoms with Crippen LogP contribution in [-0.4, -0.2) is 40.8 Å². The number of likely N-dealkylation sites (N-methyl/N-ethyl adjacent to an activating group) is 1. The van der Waals surface area contributed by atoms with Gasteiger partial charge in [0.15, 0.2) is 0 Å². The molecule has 0 N–H and O–H groups in total. The molecule has 0 saturated heterocycles. The Bertz CT molecular complexity index is 864. The van der Waals surface area contributed by atoms with Gasteiger partial charge in [-0.2, -0.15) is 5.10 Å². The maximum Gasteiger partial charge on any atom is 0.256 e. The molecular formula is C20H20ClN3O2. The Morgan fingerprint density at radius 2 is 2.00 bits per heavy atom. The van der Waals surface area contributed by atoms with E-state index in [-0.39, 0.29) is 5.91 Å². The van der Waals surface area contributed by atoms with Gasteiger partial charge in [0.25, 0.3) is 5.91 Å². The summed E-state index contributed by atoms with van der Waals surface area (Å²) >= 11 is 5.92. The van der Waals surface area contributed by atoms with Crippen LogP contribution in [0.2, 0.25) is 5.02 Å². The molecule has 0 unspecified atom stereocenters. The van der Waals surface area contributed by atoms with Gasteiger partial charge < -0.3 is 9.64 Å². The fourth-order valence-corrected chi connectivity index (χ4v) is 2.69. The number of carbonyl (C=O) groups is 1. The molecule has 1 amide bonds. The van der Waals surface area contributed by atoms with Gasteiger partial charge >= 0.3 is 0 Å². The van der Waals surface area contributed by atoms with E-state index in [0.29, 0.717) is 36.0 Å². The van der Waals surface area contributed by atoms with E-state index in [1.807, 2.05) is 42.5 Å². The van der Waals surface area contributed by atoms with E-state index in [1.54, 1.807) is 41.2 Å². The fraction of sp³-hybridized carbons (Fsp3) is 0.200. The van der Waals surface area contributed by atoms with Gasteiger partial charge in [-0.3, -0.25) is 9.48 Å². The molecule has 0 radical (unpaired) electrons. The second-order valence-electron chi connectivity index (χ2n) is 5.94. The number of amides is 1. The van der Waals surface area contributed by atoms with E-state index in [0.717, 1.165) is 5.56 Å². The molecule has 0 aliphatic heterocycles. The fourth-order valence-electron chi connectivity index (χ4n) is 2.51. The van der Waals surface area contributed by atoms with Gasteiger partial charge in [0.05, 0.1) is 24.8 Å². The average molecular weight is 370 g/mol. The Kier molecular flexibility index (Phi) is 5.92. The Balaban J connectivity index is 1.52. The van der Waals surface area contributed by atoms with Crippen molar-refractivity contribution in [1.29, 1.82) is 0 Å². The standard InChI is InChI=1S/C20H20ClN3O2/c1-23(10-11-26-19-9-5-8-18(21)12-19)20(25)17-13-22-24(15-17)14-16-6-3-2-4-7-16/h2-9,12-13,15H,10-11,14H2,1H3. The zero-order valence-corrected chi connectivity index (χ0v) is 15.3. The first-order valence-corrected chi connectivity index (χ1v) is 8.70. The summed E-state index contributed by atoms with van der Waals surface area (Å²) in [6.07, 6.45) is 3.36. The lowest BCUT2D eigenvalue weighted by atomic mass is 10.2. The average Bonchev–Trinajstić information content (AvgIpc) is 3.10. The summed E-state index contributed by atoms with van der Waals surface area (Å²) in [5.74, 6) is 0.605. The highest BCUT2D eigenvalue weighted by molar-refractivity contribution is 6.30. The van der Waals surface area contributed by atoms with E-state index >= 15 is 0 Å². The number of hydrogen-bond donors (Lipinski definition) is 0. The molecule has 1 aromatic heterocycles. The van der Waals surface area contributed by atoms with Crippen LogP contribution in [0.3, 0.4) is 0 Å². The quantitative estimate of drug-likeness (QED) is 0.637. The van der Waals surface area contributed by atoms with Crippen LogP contribution < -0.4 is 4.74 Å². The molecule has 26 heavy (non-hydrogen) atoms. The summed E-state index contributed by atoms with van der Waals surface area (Å²) < 4.78 is 7.39. The molecule has 0 saturated carbocycles. The summed E-state index contributed by atoms with van der Waals surface area (Å²) in [7, 11) is 1.75. The minimum Gasteiger partial charge on any atom is -0.492 e. The van der Waals surface area contributed by atoms with Crippen LogP contribution in [0.4, 0.5) is 0 Å². The van der Waals surface area contributed by atoms with Crippen molar-refractivity contribution in [2.75, 3.05) is 20.2 Å². The molecule has 0 spiro atoms. The minimum absolute atomic E-state index is 0.0843. The first kappa shape index (κ1) is 18.0. The lowest BCUT2D eigenvalue weighted by Gasteiger charge is -2.16. The number of halogens is 1. The van der Waals surface area contributed by atoms with Gasteiger partial charge in [0, 0.05) is 18.3 Å². The van der Waals surface area contributed by atoms with Crippen molar-refractivity contribution in [3.05, 3.63) is 83.1 Å². The van der Waals surface area contributed by atoms with Crippen LogP contribution in [0.15, 0.2) is 67.0 Å². The molecule has 1 heterocycles. The molecule has 3 rings (SSSR count). The van der Waals surface area contributed by atoms with Crippen molar-refractivity contribution >= 4 is 17.5 Å². The third kappa shape index (κ3) is 4.86. The Hall–Kier alpha value is -2.79. The van der Waals surface area contributed by atoms with Gasteiger partial charge in [-0.25, -0.2) is 0 Å². The van der Waals surface area contributed by atoms with Crippen LogP contribution in [0, 0.1) is 0 Å². The van der Waals surface area contributed by atoms with E-state index in [9.17, 15) is 4.79 Å². The van der Waals surface area contributed by atoms with E-state index in [2.05, 4.69) is 5.10 Å². The van der Waals surface area contributed by atoms with Crippen LogP contribution in [-0.2, 0) is 6.54 Å². The highest BCUT2D eigenvalue weighted by Gasteiger charge is 2.14. The minimum atomic E-state index is -0.0843. The molecule has 0 aliphatic carbocycles. The summed E-state index contributed by atoms with van der Waals surface area (Å²) in [6.45, 7) is 1.49. The maximum atomic E-state index is 12.5. The number of rotatable bonds is 7. The lowest BCUT2D eigenvalue weighted by Crippen LogP contribution is -2.30. The topological polar surface area (TPSA) is 47.4 Å². The molecular weight excluding hydrogens is 350 g/mol. The van der Waals surface area contributed by atoms with Crippen molar-refractivity contribution < 1.29 is 9.53 Å². The highest BCUT2D eigenvalue weighted by Crippen LogP contribution is 2.17. The van der Waals surface area contributed by atoms with Crippen LogP contribution in [0.1, 0.15) is 15.9 Å². The first-order chi connectivity index (χ1) is 12.6. The smallest absolute Gasteiger partial charge is 0.256 e. The lowest BCUT2D eigenvalue weighted by molar-refractivity contribution is 0.0773. The van der Waals surface area contributed by atoms with E-state index in [4.69, 9.17) is 16.3 Å². The van der Waals surface area contributed by atoms with E-state index in [1.165, 1.54) is 0 Å². The number of benzene rings is 2. The molecule has 0 atom stereocenters. The van der Waals surface area contributed by atoms with Crippen molar-refractivity contribution in [2.45, 2.75) is 6.54 Å². The highest BCUT2D eigenvalue weighted by atomic mass is 35.5. The van der Waals surface area contributed by atoms with Crippen LogP contribution >= 0.6 is 11.6 Å². The largest absolute Gasteiger partial charge is 0.492 e. The molecule has 5 nitrogen and oxygen atoms in total. The predicted octanol–water partition coefficient (Wildman–Crippen LogP) is 3.74. The predicted molar refractivity (Wildman–Crippen MR) is 102 cm³/mol. The third-order valence-corrected chi connectivity index (χ3v) is 4.14. The van der Waals surface area contributed by atoms with Crippen LogP contribution in [0.25, 0.3) is 0 Å². The molecule has 0 fully saturated rings. The second kappa shape index (κ2) is 8.54. The van der Waals surface area contributed by atoms with Gasteiger partial charge in [0.2, 0.25) is 0 Å². The molecule has 6 heteroatoms. The van der Waals surface area contributed by atoms with Gasteiger partial charge in [-0.1, -0.05) is 48.0 Å².